The van der Waals surface area contributed by atoms with Crippen LogP contribution in [0, 0.1) is 5.92 Å². The van der Waals surface area contributed by atoms with E-state index in [-0.39, 0.29) is 0 Å². The maximum Gasteiger partial charge on any atom is 0.407 e. The number of carboxylic acid groups (broad SMARTS) is 1. The van der Waals surface area contributed by atoms with Crippen LogP contribution in [0.15, 0.2) is 0 Å². The normalized spacial score (nSPS) is 15.1. The quantitative estimate of drug-likeness (QED) is 0.776. The molecule has 2 atom stereocenters. The van der Waals surface area contributed by atoms with Crippen molar-refractivity contribution in [2.45, 2.75) is 52.7 Å². The molecule has 0 aliphatic heterocycles. The molecule has 0 spiro atoms. The lowest BCUT2D eigenvalue weighted by Crippen LogP contribution is -2.44. The van der Waals surface area contributed by atoms with Crippen molar-refractivity contribution in [1.82, 2.24) is 5.32 Å². The number of carbonyl (C=O) groups is 2. The molecule has 16 heavy (non-hydrogen) atoms. The number of alkyl carbamates (subject to hydrolysis) is 1. The minimum Gasteiger partial charge on any atom is -0.481 e. The van der Waals surface area contributed by atoms with Crippen LogP contribution in [0.3, 0.4) is 0 Å². The topological polar surface area (TPSA) is 75.6 Å². The van der Waals surface area contributed by atoms with Gasteiger partial charge in [0.2, 0.25) is 0 Å². The first kappa shape index (κ1) is 14.7. The molecular weight excluding hydrogens is 210 g/mol. The lowest BCUT2D eigenvalue weighted by molar-refractivity contribution is -0.142. The molecule has 2 N–H and O–H groups in total. The molecule has 5 nitrogen and oxygen atoms in total. The zero-order chi connectivity index (χ0) is 12.9. The highest BCUT2D eigenvalue weighted by Crippen LogP contribution is 2.10. The van der Waals surface area contributed by atoms with Crippen molar-refractivity contribution in [1.29, 1.82) is 0 Å². The molecule has 0 aromatic rings. The summed E-state index contributed by atoms with van der Waals surface area (Å²) in [7, 11) is 0. The van der Waals surface area contributed by atoms with Crippen LogP contribution >= 0.6 is 0 Å². The van der Waals surface area contributed by atoms with Gasteiger partial charge in [0.25, 0.3) is 0 Å². The predicted octanol–water partition coefficient (Wildman–Crippen LogP) is 2.01. The molecule has 0 aliphatic carbocycles. The van der Waals surface area contributed by atoms with Gasteiger partial charge < -0.3 is 15.2 Å². The summed E-state index contributed by atoms with van der Waals surface area (Å²) in [6.45, 7) is 8.66. The maximum absolute atomic E-state index is 11.4. The third kappa shape index (κ3) is 5.58. The van der Waals surface area contributed by atoms with Gasteiger partial charge in [0.05, 0.1) is 5.92 Å². The van der Waals surface area contributed by atoms with Crippen LogP contribution in [-0.4, -0.2) is 28.8 Å². The highest BCUT2D eigenvalue weighted by Gasteiger charge is 2.25. The van der Waals surface area contributed by atoms with Crippen LogP contribution in [0.25, 0.3) is 0 Å². The largest absolute Gasteiger partial charge is 0.481 e. The molecule has 0 radical (unpaired) electrons. The fourth-order valence-corrected chi connectivity index (χ4v) is 1.21. The number of carbonyl (C=O) groups excluding carboxylic acids is 1. The Kier molecular flexibility index (Phi) is 5.27. The van der Waals surface area contributed by atoms with Crippen molar-refractivity contribution >= 4 is 12.1 Å². The summed E-state index contributed by atoms with van der Waals surface area (Å²) in [5.74, 6) is -1.56. The van der Waals surface area contributed by atoms with Gasteiger partial charge >= 0.3 is 12.1 Å². The van der Waals surface area contributed by atoms with Gasteiger partial charge in [0, 0.05) is 6.04 Å². The third-order valence-corrected chi connectivity index (χ3v) is 2.14. The van der Waals surface area contributed by atoms with Crippen molar-refractivity contribution in [3.05, 3.63) is 0 Å². The predicted molar refractivity (Wildman–Crippen MR) is 60.2 cm³/mol. The summed E-state index contributed by atoms with van der Waals surface area (Å²) in [5, 5.41) is 11.4. The number of hydrogen-bond acceptors (Lipinski definition) is 3. The van der Waals surface area contributed by atoms with E-state index in [1.807, 2.05) is 6.92 Å². The van der Waals surface area contributed by atoms with Gasteiger partial charge in [0.15, 0.2) is 0 Å². The highest BCUT2D eigenvalue weighted by atomic mass is 16.6. The molecule has 0 aromatic heterocycles. The number of hydrogen-bond donors (Lipinski definition) is 2. The second kappa shape index (κ2) is 5.72. The summed E-state index contributed by atoms with van der Waals surface area (Å²) < 4.78 is 5.06. The Labute approximate surface area is 96.2 Å². The second-order valence-corrected chi connectivity index (χ2v) is 4.79. The van der Waals surface area contributed by atoms with Gasteiger partial charge in [-0.2, -0.15) is 0 Å². The number of nitrogens with one attached hydrogen (secondary N) is 1. The Morgan fingerprint density at radius 3 is 2.19 bits per heavy atom. The number of amides is 1. The summed E-state index contributed by atoms with van der Waals surface area (Å²) >= 11 is 0. The Morgan fingerprint density at radius 1 is 1.38 bits per heavy atom. The van der Waals surface area contributed by atoms with Gasteiger partial charge in [-0.3, -0.25) is 4.79 Å². The molecule has 1 amide bonds. The Hall–Kier alpha value is -1.26. The van der Waals surface area contributed by atoms with E-state index in [1.165, 1.54) is 0 Å². The lowest BCUT2D eigenvalue weighted by Gasteiger charge is -2.24. The van der Waals surface area contributed by atoms with Crippen molar-refractivity contribution in [3.63, 3.8) is 0 Å². The summed E-state index contributed by atoms with van der Waals surface area (Å²) in [5.41, 5.74) is -0.575. The summed E-state index contributed by atoms with van der Waals surface area (Å²) in [6.07, 6.45) is -0.0281. The van der Waals surface area contributed by atoms with E-state index in [2.05, 4.69) is 5.32 Å². The molecule has 94 valence electrons. The smallest absolute Gasteiger partial charge is 0.407 e. The standard InChI is InChI=1S/C11H21NO4/c1-6-8(7(2)9(13)14)12-10(15)16-11(3,4)5/h7-8H,6H2,1-5H3,(H,12,15)(H,13,14)/t7?,8-/m0/s1. The van der Waals surface area contributed by atoms with Crippen molar-refractivity contribution < 1.29 is 19.4 Å². The molecule has 0 saturated heterocycles. The van der Waals surface area contributed by atoms with Crippen molar-refractivity contribution in [2.24, 2.45) is 5.92 Å². The van der Waals surface area contributed by atoms with E-state index in [0.29, 0.717) is 6.42 Å². The molecule has 0 fully saturated rings. The number of carboxylic acids is 1. The van der Waals surface area contributed by atoms with Crippen molar-refractivity contribution in [2.75, 3.05) is 0 Å². The molecule has 0 saturated carbocycles. The minimum absolute atomic E-state index is 0.410. The van der Waals surface area contributed by atoms with Gasteiger partial charge in [-0.1, -0.05) is 6.92 Å². The average Bonchev–Trinajstić information content (AvgIpc) is 2.09. The molecule has 0 rings (SSSR count). The Balaban J connectivity index is 4.33. The van der Waals surface area contributed by atoms with Crippen LogP contribution < -0.4 is 5.32 Å². The van der Waals surface area contributed by atoms with Crippen LogP contribution in [0.2, 0.25) is 0 Å². The second-order valence-electron chi connectivity index (χ2n) is 4.79. The van der Waals surface area contributed by atoms with Crippen LogP contribution in [0.1, 0.15) is 41.0 Å². The van der Waals surface area contributed by atoms with E-state index in [4.69, 9.17) is 9.84 Å². The van der Waals surface area contributed by atoms with E-state index in [1.54, 1.807) is 27.7 Å². The number of rotatable bonds is 4. The van der Waals surface area contributed by atoms with Gasteiger partial charge in [0.1, 0.15) is 5.60 Å². The average molecular weight is 231 g/mol. The fourth-order valence-electron chi connectivity index (χ4n) is 1.21. The van der Waals surface area contributed by atoms with E-state index in [9.17, 15) is 9.59 Å². The van der Waals surface area contributed by atoms with E-state index < -0.39 is 29.6 Å². The Morgan fingerprint density at radius 2 is 1.88 bits per heavy atom. The summed E-state index contributed by atoms with van der Waals surface area (Å²) in [6, 6.07) is -0.410. The first-order chi connectivity index (χ1) is 7.17. The van der Waals surface area contributed by atoms with Gasteiger partial charge in [-0.25, -0.2) is 4.79 Å². The van der Waals surface area contributed by atoms with E-state index in [0.717, 1.165) is 0 Å². The SMILES string of the molecule is CC[C@H](NC(=O)OC(C)(C)C)C(C)C(=O)O. The van der Waals surface area contributed by atoms with E-state index >= 15 is 0 Å². The zero-order valence-corrected chi connectivity index (χ0v) is 10.5. The monoisotopic (exact) mass is 231 g/mol. The van der Waals surface area contributed by atoms with Crippen LogP contribution in [0.5, 0.6) is 0 Å². The van der Waals surface area contributed by atoms with Crippen molar-refractivity contribution in [3.8, 4) is 0 Å². The first-order valence-corrected chi connectivity index (χ1v) is 5.39. The number of ether oxygens (including phenoxy) is 1. The fraction of sp³-hybridized carbons (Fsp3) is 0.818. The Bertz CT molecular complexity index is 257. The molecule has 1 unspecified atom stereocenters. The molecular formula is C11H21NO4. The van der Waals surface area contributed by atoms with Crippen LogP contribution in [0.4, 0.5) is 4.79 Å². The molecule has 5 heteroatoms. The number of aliphatic carboxylic acids is 1. The van der Waals surface area contributed by atoms with Gasteiger partial charge in [-0.15, -0.1) is 0 Å². The molecule has 0 bridgehead atoms. The summed E-state index contributed by atoms with van der Waals surface area (Å²) in [4.78, 5) is 22.2. The van der Waals surface area contributed by atoms with Gasteiger partial charge in [-0.05, 0) is 34.1 Å². The maximum atomic E-state index is 11.4. The third-order valence-electron chi connectivity index (χ3n) is 2.14. The van der Waals surface area contributed by atoms with Crippen LogP contribution in [-0.2, 0) is 9.53 Å². The zero-order valence-electron chi connectivity index (χ0n) is 10.5. The minimum atomic E-state index is -0.928. The highest BCUT2D eigenvalue weighted by molar-refractivity contribution is 5.73. The molecule has 0 aliphatic rings. The molecule has 0 aromatic carbocycles. The molecule has 0 heterocycles. The lowest BCUT2D eigenvalue weighted by atomic mass is 10.0. The first-order valence-electron chi connectivity index (χ1n) is 5.39.